The number of aryl methyl sites for hydroxylation is 2. The minimum Gasteiger partial charge on any atom is -0.491 e. The van der Waals surface area contributed by atoms with Gasteiger partial charge in [0.15, 0.2) is 0 Å². The molecule has 0 saturated heterocycles. The van der Waals surface area contributed by atoms with Gasteiger partial charge in [0.2, 0.25) is 0 Å². The van der Waals surface area contributed by atoms with Crippen LogP contribution in [0.1, 0.15) is 22.7 Å². The highest BCUT2D eigenvalue weighted by Gasteiger charge is 2.24. The largest absolute Gasteiger partial charge is 0.491 e. The Morgan fingerprint density at radius 2 is 2.05 bits per heavy atom. The fourth-order valence-corrected chi connectivity index (χ4v) is 2.61. The fraction of sp³-hybridized carbons (Fsp3) is 0.250. The first-order valence-corrected chi connectivity index (χ1v) is 6.79. The molecule has 5 heteroatoms. The van der Waals surface area contributed by atoms with Crippen molar-refractivity contribution >= 4 is 11.4 Å². The number of rotatable bonds is 3. The van der Waals surface area contributed by atoms with Gasteiger partial charge in [-0.05, 0) is 32.0 Å². The van der Waals surface area contributed by atoms with Gasteiger partial charge in [-0.2, -0.15) is 0 Å². The van der Waals surface area contributed by atoms with Gasteiger partial charge >= 0.3 is 0 Å². The van der Waals surface area contributed by atoms with Crippen LogP contribution in [-0.4, -0.2) is 11.5 Å². The van der Waals surface area contributed by atoms with E-state index in [0.29, 0.717) is 12.2 Å². The molecular formula is C16H16N2O3. The maximum atomic E-state index is 10.8. The van der Waals surface area contributed by atoms with E-state index in [1.807, 2.05) is 19.1 Å². The van der Waals surface area contributed by atoms with Crippen LogP contribution in [0.3, 0.4) is 0 Å². The third-order valence-electron chi connectivity index (χ3n) is 3.68. The van der Waals surface area contributed by atoms with E-state index in [4.69, 9.17) is 4.74 Å². The molecule has 1 heterocycles. The molecular weight excluding hydrogens is 268 g/mol. The zero-order valence-corrected chi connectivity index (χ0v) is 11.9. The number of hydrogen-bond donors (Lipinski definition) is 1. The summed E-state index contributed by atoms with van der Waals surface area (Å²) in [4.78, 5) is 10.5. The predicted octanol–water partition coefficient (Wildman–Crippen LogP) is 3.76. The van der Waals surface area contributed by atoms with E-state index in [9.17, 15) is 10.1 Å². The van der Waals surface area contributed by atoms with Crippen molar-refractivity contribution < 1.29 is 9.66 Å². The van der Waals surface area contributed by atoms with E-state index in [-0.39, 0.29) is 16.7 Å². The summed E-state index contributed by atoms with van der Waals surface area (Å²) >= 11 is 0. The van der Waals surface area contributed by atoms with Gasteiger partial charge in [-0.15, -0.1) is 0 Å². The molecule has 108 valence electrons. The highest BCUT2D eigenvalue weighted by Crippen LogP contribution is 2.35. The van der Waals surface area contributed by atoms with Gasteiger partial charge in [0.25, 0.3) is 5.69 Å². The molecule has 0 radical (unpaired) electrons. The first-order chi connectivity index (χ1) is 10.0. The Balaban J connectivity index is 1.85. The van der Waals surface area contributed by atoms with Crippen LogP contribution in [0.2, 0.25) is 0 Å². The Labute approximate surface area is 122 Å². The molecule has 0 bridgehead atoms. The Morgan fingerprint density at radius 3 is 2.76 bits per heavy atom. The lowest BCUT2D eigenvalue weighted by atomic mass is 10.1. The van der Waals surface area contributed by atoms with Crippen LogP contribution < -0.4 is 10.1 Å². The Hall–Kier alpha value is -2.56. The fourth-order valence-electron chi connectivity index (χ4n) is 2.61. The van der Waals surface area contributed by atoms with Gasteiger partial charge in [0, 0.05) is 22.9 Å². The van der Waals surface area contributed by atoms with Gasteiger partial charge in [-0.3, -0.25) is 10.1 Å². The summed E-state index contributed by atoms with van der Waals surface area (Å²) in [5.74, 6) is 0.900. The molecule has 0 aromatic heterocycles. The lowest BCUT2D eigenvalue weighted by Gasteiger charge is -2.14. The van der Waals surface area contributed by atoms with Gasteiger partial charge in [-0.25, -0.2) is 0 Å². The highest BCUT2D eigenvalue weighted by molar-refractivity contribution is 5.56. The molecule has 0 aliphatic carbocycles. The molecule has 0 spiro atoms. The van der Waals surface area contributed by atoms with Crippen molar-refractivity contribution in [2.45, 2.75) is 19.9 Å². The number of nitrogens with one attached hydrogen (secondary N) is 1. The summed E-state index contributed by atoms with van der Waals surface area (Å²) in [5.41, 5.74) is 3.96. The summed E-state index contributed by atoms with van der Waals surface area (Å²) in [6, 6.07) is 11.2. The number of anilines is 1. The molecule has 1 atom stereocenters. The van der Waals surface area contributed by atoms with Crippen LogP contribution in [0.4, 0.5) is 11.4 Å². The molecule has 5 nitrogen and oxygen atoms in total. The van der Waals surface area contributed by atoms with Crippen LogP contribution in [0.15, 0.2) is 36.4 Å². The van der Waals surface area contributed by atoms with Gasteiger partial charge in [0.05, 0.1) is 11.0 Å². The summed E-state index contributed by atoms with van der Waals surface area (Å²) in [6.07, 6.45) is 0. The zero-order chi connectivity index (χ0) is 15.0. The average molecular weight is 284 g/mol. The molecule has 1 N–H and O–H groups in total. The summed E-state index contributed by atoms with van der Waals surface area (Å²) in [6.45, 7) is 4.35. The topological polar surface area (TPSA) is 64.4 Å². The molecule has 2 aromatic rings. The molecule has 1 aliphatic heterocycles. The third-order valence-corrected chi connectivity index (χ3v) is 3.68. The minimum atomic E-state index is -0.365. The van der Waals surface area contributed by atoms with Crippen molar-refractivity contribution in [1.29, 1.82) is 0 Å². The van der Waals surface area contributed by atoms with Crippen molar-refractivity contribution in [2.24, 2.45) is 0 Å². The maximum absolute atomic E-state index is 10.8. The number of nitrogens with zero attached hydrogens (tertiary/aromatic N) is 1. The van der Waals surface area contributed by atoms with Crippen molar-refractivity contribution in [1.82, 2.24) is 0 Å². The van der Waals surface area contributed by atoms with E-state index in [2.05, 4.69) is 11.4 Å². The van der Waals surface area contributed by atoms with Crippen LogP contribution in [-0.2, 0) is 0 Å². The number of benzene rings is 2. The molecule has 3 rings (SSSR count). The van der Waals surface area contributed by atoms with Crippen LogP contribution in [0.5, 0.6) is 5.75 Å². The lowest BCUT2D eigenvalue weighted by molar-refractivity contribution is -0.385. The second-order valence-electron chi connectivity index (χ2n) is 5.31. The van der Waals surface area contributed by atoms with E-state index in [1.165, 1.54) is 11.6 Å². The quantitative estimate of drug-likeness (QED) is 0.688. The van der Waals surface area contributed by atoms with Crippen molar-refractivity contribution in [3.63, 3.8) is 0 Å². The van der Waals surface area contributed by atoms with E-state index in [1.54, 1.807) is 19.1 Å². The molecule has 0 saturated carbocycles. The molecule has 1 aliphatic rings. The number of hydrogen-bond acceptors (Lipinski definition) is 4. The summed E-state index contributed by atoms with van der Waals surface area (Å²) in [7, 11) is 0. The van der Waals surface area contributed by atoms with Gasteiger partial charge < -0.3 is 10.1 Å². The standard InChI is InChI=1S/C16H16N2O3/c1-10-3-6-16-13(7-10)14(9-21-16)17-12-4-5-15(18(19)20)11(2)8-12/h3-8,14,17H,9H2,1-2H3. The first-order valence-electron chi connectivity index (χ1n) is 6.79. The second kappa shape index (κ2) is 5.09. The predicted molar refractivity (Wildman–Crippen MR) is 80.9 cm³/mol. The minimum absolute atomic E-state index is 0.0701. The average Bonchev–Trinajstić information content (AvgIpc) is 2.81. The molecule has 0 amide bonds. The number of nitro benzene ring substituents is 1. The first kappa shape index (κ1) is 13.4. The van der Waals surface area contributed by atoms with Gasteiger partial charge in [-0.1, -0.05) is 17.7 Å². The monoisotopic (exact) mass is 284 g/mol. The van der Waals surface area contributed by atoms with Crippen LogP contribution in [0, 0.1) is 24.0 Å². The van der Waals surface area contributed by atoms with Crippen LogP contribution >= 0.6 is 0 Å². The van der Waals surface area contributed by atoms with Crippen molar-refractivity contribution in [2.75, 3.05) is 11.9 Å². The number of ether oxygens (including phenoxy) is 1. The molecule has 21 heavy (non-hydrogen) atoms. The van der Waals surface area contributed by atoms with E-state index >= 15 is 0 Å². The van der Waals surface area contributed by atoms with Gasteiger partial charge in [0.1, 0.15) is 12.4 Å². The zero-order valence-electron chi connectivity index (χ0n) is 11.9. The smallest absolute Gasteiger partial charge is 0.272 e. The Kier molecular flexibility index (Phi) is 3.25. The normalized spacial score (nSPS) is 16.2. The van der Waals surface area contributed by atoms with Crippen molar-refractivity contribution in [3.05, 3.63) is 63.2 Å². The van der Waals surface area contributed by atoms with E-state index < -0.39 is 0 Å². The number of nitro groups is 1. The Bertz CT molecular complexity index is 713. The third kappa shape index (κ3) is 2.54. The second-order valence-corrected chi connectivity index (χ2v) is 5.31. The maximum Gasteiger partial charge on any atom is 0.272 e. The molecule has 1 unspecified atom stereocenters. The molecule has 2 aromatic carbocycles. The Morgan fingerprint density at radius 1 is 1.24 bits per heavy atom. The van der Waals surface area contributed by atoms with E-state index in [0.717, 1.165) is 17.0 Å². The summed E-state index contributed by atoms with van der Waals surface area (Å²) in [5, 5.41) is 14.2. The highest BCUT2D eigenvalue weighted by atomic mass is 16.6. The van der Waals surface area contributed by atoms with Crippen LogP contribution in [0.25, 0.3) is 0 Å². The molecule has 0 fully saturated rings. The number of fused-ring (bicyclic) bond motifs is 1. The SMILES string of the molecule is Cc1ccc2c(c1)C(Nc1ccc([N+](=O)[O-])c(C)c1)CO2. The van der Waals surface area contributed by atoms with Crippen molar-refractivity contribution in [3.8, 4) is 5.75 Å². The summed E-state index contributed by atoms with van der Waals surface area (Å²) < 4.78 is 5.66. The lowest BCUT2D eigenvalue weighted by Crippen LogP contribution is -2.12.